The number of anilines is 1. The van der Waals surface area contributed by atoms with Crippen LogP contribution < -0.4 is 5.73 Å². The summed E-state index contributed by atoms with van der Waals surface area (Å²) in [5.41, 5.74) is 9.89. The summed E-state index contributed by atoms with van der Waals surface area (Å²) in [4.78, 5) is 17.0. The van der Waals surface area contributed by atoms with Crippen LogP contribution in [0, 0.1) is 36.5 Å². The smallest absolute Gasteiger partial charge is 0.173 e. The van der Waals surface area contributed by atoms with E-state index in [0.29, 0.717) is 26.7 Å². The Hall–Kier alpha value is -3.32. The molecule has 0 unspecified atom stereocenters. The maximum atomic E-state index is 12.7. The Morgan fingerprint density at radius 3 is 2.50 bits per heavy atom. The summed E-state index contributed by atoms with van der Waals surface area (Å²) in [6.07, 6.45) is 0. The number of nitrogens with zero attached hydrogens (tertiary/aromatic N) is 3. The number of rotatable bonds is 5. The summed E-state index contributed by atoms with van der Waals surface area (Å²) in [7, 11) is 0. The number of nitrogen functional groups attached to an aromatic ring is 1. The van der Waals surface area contributed by atoms with Crippen LogP contribution in [-0.4, -0.2) is 16.5 Å². The molecule has 2 aromatic carbocycles. The number of carbonyl (C=O) groups is 1. The van der Waals surface area contributed by atoms with Gasteiger partial charge in [-0.2, -0.15) is 10.5 Å². The van der Waals surface area contributed by atoms with E-state index in [0.717, 1.165) is 22.9 Å². The average Bonchev–Trinajstić information content (AvgIpc) is 2.71. The van der Waals surface area contributed by atoms with Crippen LogP contribution in [0.15, 0.2) is 47.5 Å². The first-order valence-corrected chi connectivity index (χ1v) is 10.3. The van der Waals surface area contributed by atoms with Gasteiger partial charge in [-0.25, -0.2) is 4.98 Å². The van der Waals surface area contributed by atoms with Crippen LogP contribution in [0.2, 0.25) is 5.02 Å². The molecule has 0 bridgehead atoms. The van der Waals surface area contributed by atoms with Crippen molar-refractivity contribution in [1.82, 2.24) is 4.98 Å². The molecule has 2 N–H and O–H groups in total. The first kappa shape index (κ1) is 21.4. The summed E-state index contributed by atoms with van der Waals surface area (Å²) >= 11 is 7.23. The third-order valence-electron chi connectivity index (χ3n) is 4.55. The van der Waals surface area contributed by atoms with Crippen molar-refractivity contribution in [3.8, 4) is 23.3 Å². The molecule has 30 heavy (non-hydrogen) atoms. The van der Waals surface area contributed by atoms with Crippen molar-refractivity contribution in [2.45, 2.75) is 18.9 Å². The Morgan fingerprint density at radius 1 is 1.13 bits per heavy atom. The normalized spacial score (nSPS) is 10.3. The molecule has 7 heteroatoms. The molecule has 3 aromatic rings. The highest BCUT2D eigenvalue weighted by molar-refractivity contribution is 8.00. The molecular weight excluding hydrogens is 416 g/mol. The number of ketones is 1. The van der Waals surface area contributed by atoms with Gasteiger partial charge in [-0.3, -0.25) is 4.79 Å². The van der Waals surface area contributed by atoms with Gasteiger partial charge in [-0.15, -0.1) is 0 Å². The number of Topliss-reactive ketones (excluding diaryl/α,β-unsaturated/α-hetero) is 1. The minimum absolute atomic E-state index is 0.00735. The van der Waals surface area contributed by atoms with E-state index in [4.69, 9.17) is 17.3 Å². The van der Waals surface area contributed by atoms with Crippen LogP contribution in [-0.2, 0) is 0 Å². The number of aromatic nitrogens is 1. The molecule has 148 valence electrons. The Morgan fingerprint density at radius 2 is 1.87 bits per heavy atom. The molecule has 0 radical (unpaired) electrons. The summed E-state index contributed by atoms with van der Waals surface area (Å²) in [6, 6.07) is 16.6. The number of benzene rings is 2. The van der Waals surface area contributed by atoms with Crippen molar-refractivity contribution in [3.63, 3.8) is 0 Å². The van der Waals surface area contributed by atoms with E-state index in [1.165, 1.54) is 0 Å². The summed E-state index contributed by atoms with van der Waals surface area (Å²) in [6.45, 7) is 3.86. The van der Waals surface area contributed by atoms with Gasteiger partial charge in [0.2, 0.25) is 0 Å². The maximum absolute atomic E-state index is 12.7. The largest absolute Gasteiger partial charge is 0.383 e. The molecule has 0 saturated heterocycles. The number of nitrogens with two attached hydrogens (primary N) is 1. The Balaban J connectivity index is 2.03. The van der Waals surface area contributed by atoms with E-state index in [-0.39, 0.29) is 28.5 Å². The number of hydrogen-bond donors (Lipinski definition) is 1. The first-order chi connectivity index (χ1) is 14.3. The molecular formula is C23H17ClN4OS. The minimum atomic E-state index is -0.0737. The van der Waals surface area contributed by atoms with Crippen molar-refractivity contribution < 1.29 is 4.79 Å². The number of nitriles is 2. The molecule has 1 aromatic heterocycles. The summed E-state index contributed by atoms with van der Waals surface area (Å²) in [5.74, 6) is 0.0229. The van der Waals surface area contributed by atoms with Gasteiger partial charge in [-0.05, 0) is 37.1 Å². The topological polar surface area (TPSA) is 104 Å². The van der Waals surface area contributed by atoms with E-state index in [1.54, 1.807) is 30.3 Å². The van der Waals surface area contributed by atoms with Crippen LogP contribution in [0.1, 0.15) is 32.6 Å². The molecule has 1 heterocycles. The monoisotopic (exact) mass is 432 g/mol. The number of pyridine rings is 1. The minimum Gasteiger partial charge on any atom is -0.383 e. The molecule has 0 aliphatic heterocycles. The number of aryl methyl sites for hydroxylation is 2. The lowest BCUT2D eigenvalue weighted by atomic mass is 9.97. The number of hydrogen-bond acceptors (Lipinski definition) is 6. The van der Waals surface area contributed by atoms with Crippen molar-refractivity contribution in [3.05, 3.63) is 75.3 Å². The third-order valence-corrected chi connectivity index (χ3v) is 5.76. The fraction of sp³-hybridized carbons (Fsp3) is 0.130. The zero-order valence-electron chi connectivity index (χ0n) is 16.4. The predicted molar refractivity (Wildman–Crippen MR) is 119 cm³/mol. The summed E-state index contributed by atoms with van der Waals surface area (Å²) < 4.78 is 0. The van der Waals surface area contributed by atoms with Gasteiger partial charge in [0.05, 0.1) is 11.3 Å². The second kappa shape index (κ2) is 9.00. The standard InChI is InChI=1S/C23H17ClN4OS/c1-13-6-7-17(14(2)8-13)20(29)12-30-23-19(11-26)21(18(10-25)22(27)28-23)15-4-3-5-16(24)9-15/h3-9H,12H2,1-2H3,(H2,27,28). The molecule has 5 nitrogen and oxygen atoms in total. The third kappa shape index (κ3) is 4.31. The van der Waals surface area contributed by atoms with E-state index >= 15 is 0 Å². The predicted octanol–water partition coefficient (Wildman–Crippen LogP) is 5.32. The van der Waals surface area contributed by atoms with Crippen molar-refractivity contribution in [1.29, 1.82) is 10.5 Å². The molecule has 0 aliphatic carbocycles. The highest BCUT2D eigenvalue weighted by atomic mass is 35.5. The second-order valence-corrected chi connectivity index (χ2v) is 8.09. The van der Waals surface area contributed by atoms with Gasteiger partial charge in [0.1, 0.15) is 28.5 Å². The summed E-state index contributed by atoms with van der Waals surface area (Å²) in [5, 5.41) is 20.2. The van der Waals surface area contributed by atoms with Crippen molar-refractivity contribution >= 4 is 35.0 Å². The van der Waals surface area contributed by atoms with Crippen molar-refractivity contribution in [2.75, 3.05) is 11.5 Å². The zero-order valence-corrected chi connectivity index (χ0v) is 17.9. The Labute approximate surface area is 184 Å². The molecule has 0 spiro atoms. The van der Waals surface area contributed by atoms with Crippen LogP contribution in [0.25, 0.3) is 11.1 Å². The molecule has 3 rings (SSSR count). The molecule has 0 fully saturated rings. The Kier molecular flexibility index (Phi) is 6.42. The lowest BCUT2D eigenvalue weighted by molar-refractivity contribution is 0.102. The maximum Gasteiger partial charge on any atom is 0.173 e. The fourth-order valence-corrected chi connectivity index (χ4v) is 4.24. The van der Waals surface area contributed by atoms with Crippen LogP contribution in [0.3, 0.4) is 0 Å². The molecule has 0 amide bonds. The van der Waals surface area contributed by atoms with Crippen LogP contribution >= 0.6 is 23.4 Å². The van der Waals surface area contributed by atoms with Gasteiger partial charge in [0.15, 0.2) is 5.78 Å². The van der Waals surface area contributed by atoms with Gasteiger partial charge in [0.25, 0.3) is 0 Å². The highest BCUT2D eigenvalue weighted by Crippen LogP contribution is 2.36. The van der Waals surface area contributed by atoms with E-state index in [9.17, 15) is 15.3 Å². The number of carbonyl (C=O) groups excluding carboxylic acids is 1. The van der Waals surface area contributed by atoms with Gasteiger partial charge in [0, 0.05) is 16.1 Å². The van der Waals surface area contributed by atoms with Gasteiger partial charge in [-0.1, -0.05) is 59.3 Å². The number of halogens is 1. The van der Waals surface area contributed by atoms with Crippen LogP contribution in [0.4, 0.5) is 5.82 Å². The second-order valence-electron chi connectivity index (χ2n) is 6.69. The Bertz CT molecular complexity index is 1240. The first-order valence-electron chi connectivity index (χ1n) is 8.98. The zero-order chi connectivity index (χ0) is 21.8. The van der Waals surface area contributed by atoms with Crippen LogP contribution in [0.5, 0.6) is 0 Å². The highest BCUT2D eigenvalue weighted by Gasteiger charge is 2.21. The average molecular weight is 433 g/mol. The van der Waals surface area contributed by atoms with Gasteiger partial charge < -0.3 is 5.73 Å². The molecule has 0 saturated carbocycles. The van der Waals surface area contributed by atoms with E-state index in [2.05, 4.69) is 11.1 Å². The quantitative estimate of drug-likeness (QED) is 0.432. The lowest BCUT2D eigenvalue weighted by Crippen LogP contribution is -2.07. The molecule has 0 atom stereocenters. The lowest BCUT2D eigenvalue weighted by Gasteiger charge is -2.13. The van der Waals surface area contributed by atoms with Crippen molar-refractivity contribution in [2.24, 2.45) is 0 Å². The van der Waals surface area contributed by atoms with E-state index < -0.39 is 0 Å². The SMILES string of the molecule is Cc1ccc(C(=O)CSc2nc(N)c(C#N)c(-c3cccc(Cl)c3)c2C#N)c(C)c1. The number of thioether (sulfide) groups is 1. The molecule has 0 aliphatic rings. The fourth-order valence-electron chi connectivity index (χ4n) is 3.17. The van der Waals surface area contributed by atoms with E-state index in [1.807, 2.05) is 32.0 Å². The van der Waals surface area contributed by atoms with Gasteiger partial charge >= 0.3 is 0 Å².